The van der Waals surface area contributed by atoms with Crippen molar-refractivity contribution < 1.29 is 9.47 Å². The molecule has 0 aromatic heterocycles. The molecule has 0 radical (unpaired) electrons. The first-order valence-electron chi connectivity index (χ1n) is 8.28. The topological polar surface area (TPSA) is 44.5 Å². The van der Waals surface area contributed by atoms with E-state index in [1.165, 1.54) is 19.3 Å². The lowest BCUT2D eigenvalue weighted by Gasteiger charge is -2.47. The zero-order chi connectivity index (χ0) is 14.6. The van der Waals surface area contributed by atoms with E-state index in [4.69, 9.17) is 15.2 Å². The van der Waals surface area contributed by atoms with Gasteiger partial charge >= 0.3 is 0 Å². The van der Waals surface area contributed by atoms with Gasteiger partial charge in [0.2, 0.25) is 0 Å². The number of hydrogen-bond donors (Lipinski definition) is 1. The normalized spacial score (nSPS) is 58.5. The van der Waals surface area contributed by atoms with E-state index in [1.807, 2.05) is 0 Å². The number of rotatable bonds is 0. The van der Waals surface area contributed by atoms with Crippen molar-refractivity contribution in [2.24, 2.45) is 28.4 Å². The first kappa shape index (κ1) is 13.5. The van der Waals surface area contributed by atoms with Crippen molar-refractivity contribution in [3.05, 3.63) is 0 Å². The van der Waals surface area contributed by atoms with Gasteiger partial charge < -0.3 is 15.2 Å². The lowest BCUT2D eigenvalue weighted by atomic mass is 9.62. The Morgan fingerprint density at radius 3 is 2.45 bits per heavy atom. The molecular weight excluding hydrogens is 250 g/mol. The minimum absolute atomic E-state index is 0.0364. The van der Waals surface area contributed by atoms with Crippen LogP contribution in [0.2, 0.25) is 0 Å². The van der Waals surface area contributed by atoms with Crippen LogP contribution in [0.15, 0.2) is 0 Å². The Hall–Kier alpha value is -0.120. The van der Waals surface area contributed by atoms with E-state index in [0.29, 0.717) is 11.8 Å². The molecule has 0 aromatic rings. The van der Waals surface area contributed by atoms with Crippen LogP contribution in [0.5, 0.6) is 0 Å². The molecule has 1 saturated heterocycles. The van der Waals surface area contributed by atoms with E-state index in [2.05, 4.69) is 34.6 Å². The van der Waals surface area contributed by atoms with Crippen LogP contribution in [0.1, 0.15) is 60.3 Å². The summed E-state index contributed by atoms with van der Waals surface area (Å²) in [5.41, 5.74) is 7.44. The summed E-state index contributed by atoms with van der Waals surface area (Å²) in [6.45, 7) is 11.3. The predicted octanol–water partition coefficient (Wildman–Crippen LogP) is 3.07. The van der Waals surface area contributed by atoms with Crippen molar-refractivity contribution in [1.29, 1.82) is 0 Å². The largest absolute Gasteiger partial charge is 0.345 e. The number of ether oxygens (including phenoxy) is 2. The van der Waals surface area contributed by atoms with Crippen molar-refractivity contribution in [1.82, 2.24) is 0 Å². The van der Waals surface area contributed by atoms with Gasteiger partial charge in [0, 0.05) is 5.54 Å². The molecule has 0 aromatic carbocycles. The molecule has 1 spiro atoms. The summed E-state index contributed by atoms with van der Waals surface area (Å²) in [6, 6.07) is 0. The van der Waals surface area contributed by atoms with Crippen molar-refractivity contribution in [3.8, 4) is 0 Å². The van der Waals surface area contributed by atoms with Crippen LogP contribution in [0, 0.1) is 22.7 Å². The molecule has 114 valence electrons. The lowest BCUT2D eigenvalue weighted by Crippen LogP contribution is -2.57. The zero-order valence-electron chi connectivity index (χ0n) is 13.5. The molecule has 2 bridgehead atoms. The van der Waals surface area contributed by atoms with E-state index in [0.717, 1.165) is 6.42 Å². The molecule has 1 aliphatic heterocycles. The molecule has 2 N–H and O–H groups in total. The second-order valence-corrected chi connectivity index (χ2v) is 8.94. The van der Waals surface area contributed by atoms with Gasteiger partial charge in [-0.2, -0.15) is 0 Å². The van der Waals surface area contributed by atoms with E-state index in [1.54, 1.807) is 0 Å². The van der Waals surface area contributed by atoms with Crippen molar-refractivity contribution in [2.75, 3.05) is 0 Å². The zero-order valence-corrected chi connectivity index (χ0v) is 13.5. The van der Waals surface area contributed by atoms with E-state index in [-0.39, 0.29) is 28.6 Å². The van der Waals surface area contributed by atoms with Gasteiger partial charge in [0.15, 0.2) is 5.79 Å². The summed E-state index contributed by atoms with van der Waals surface area (Å²) in [4.78, 5) is 0. The van der Waals surface area contributed by atoms with Gasteiger partial charge in [0.1, 0.15) is 0 Å². The number of fused-ring (bicyclic) bond motifs is 3. The Balaban J connectivity index is 1.82. The Labute approximate surface area is 122 Å². The average molecular weight is 279 g/mol. The van der Waals surface area contributed by atoms with Crippen LogP contribution in [0.4, 0.5) is 0 Å². The molecule has 20 heavy (non-hydrogen) atoms. The molecule has 4 fully saturated rings. The van der Waals surface area contributed by atoms with Gasteiger partial charge in [0.05, 0.1) is 12.2 Å². The highest BCUT2D eigenvalue weighted by Gasteiger charge is 2.75. The Morgan fingerprint density at radius 2 is 1.75 bits per heavy atom. The minimum atomic E-state index is -0.425. The molecule has 4 rings (SSSR count). The van der Waals surface area contributed by atoms with Crippen molar-refractivity contribution in [3.63, 3.8) is 0 Å². The first-order valence-corrected chi connectivity index (χ1v) is 8.28. The molecular formula is C17H29NO2. The van der Waals surface area contributed by atoms with Crippen LogP contribution in [-0.4, -0.2) is 23.5 Å². The molecule has 3 saturated carbocycles. The maximum atomic E-state index is 7.07. The van der Waals surface area contributed by atoms with Crippen molar-refractivity contribution >= 4 is 0 Å². The van der Waals surface area contributed by atoms with Gasteiger partial charge in [-0.15, -0.1) is 0 Å². The Bertz CT molecular complexity index is 460. The average Bonchev–Trinajstić information content (AvgIpc) is 2.81. The fourth-order valence-electron chi connectivity index (χ4n) is 6.45. The number of hydrogen-bond acceptors (Lipinski definition) is 3. The monoisotopic (exact) mass is 279 g/mol. The van der Waals surface area contributed by atoms with Crippen LogP contribution in [0.25, 0.3) is 0 Å². The van der Waals surface area contributed by atoms with Gasteiger partial charge in [0.25, 0.3) is 0 Å². The lowest BCUT2D eigenvalue weighted by molar-refractivity contribution is -0.156. The summed E-state index contributed by atoms with van der Waals surface area (Å²) in [5.74, 6) is 0.826. The molecule has 3 heteroatoms. The maximum Gasteiger partial charge on any atom is 0.163 e. The highest BCUT2D eigenvalue weighted by atomic mass is 16.8. The molecule has 0 amide bonds. The summed E-state index contributed by atoms with van der Waals surface area (Å²) in [7, 11) is 0. The molecule has 3 nitrogen and oxygen atoms in total. The molecule has 1 heterocycles. The maximum absolute atomic E-state index is 7.07. The summed E-state index contributed by atoms with van der Waals surface area (Å²) < 4.78 is 12.5. The molecule has 0 unspecified atom stereocenters. The molecule has 4 aliphatic rings. The van der Waals surface area contributed by atoms with Crippen LogP contribution >= 0.6 is 0 Å². The van der Waals surface area contributed by atoms with E-state index >= 15 is 0 Å². The SMILES string of the molecule is C[C@@H]1CC[C@@]2(N)C(C)(C)[C@H]3C[C@@]12C[C@@H]1OC(C)(C)O[C@H]13. The van der Waals surface area contributed by atoms with Crippen LogP contribution in [0.3, 0.4) is 0 Å². The van der Waals surface area contributed by atoms with Gasteiger partial charge in [-0.05, 0) is 62.2 Å². The molecule has 6 atom stereocenters. The van der Waals surface area contributed by atoms with E-state index < -0.39 is 5.79 Å². The van der Waals surface area contributed by atoms with Crippen LogP contribution < -0.4 is 5.73 Å². The smallest absolute Gasteiger partial charge is 0.163 e. The third kappa shape index (κ3) is 1.25. The molecule has 3 aliphatic carbocycles. The summed E-state index contributed by atoms with van der Waals surface area (Å²) in [5, 5.41) is 0. The van der Waals surface area contributed by atoms with Crippen LogP contribution in [-0.2, 0) is 9.47 Å². The highest BCUT2D eigenvalue weighted by Crippen LogP contribution is 2.73. The first-order chi connectivity index (χ1) is 9.13. The Kier molecular flexibility index (Phi) is 2.33. The number of nitrogens with two attached hydrogens (primary N) is 1. The van der Waals surface area contributed by atoms with E-state index in [9.17, 15) is 0 Å². The Morgan fingerprint density at radius 1 is 1.05 bits per heavy atom. The summed E-state index contributed by atoms with van der Waals surface area (Å²) in [6.07, 6.45) is 5.25. The quantitative estimate of drug-likeness (QED) is 0.741. The fraction of sp³-hybridized carbons (Fsp3) is 1.00. The fourth-order valence-corrected chi connectivity index (χ4v) is 6.45. The minimum Gasteiger partial charge on any atom is -0.345 e. The second kappa shape index (κ2) is 3.44. The standard InChI is InChI=1S/C17H29NO2/c1-10-6-7-17(18)14(2,3)11-8-16(10,17)9-12-13(11)20-15(4,5)19-12/h10-13H,6-9,18H2,1-5H3/t10-,11+,12+,13+,16-,17-/m1/s1. The predicted molar refractivity (Wildman–Crippen MR) is 78.1 cm³/mol. The third-order valence-electron chi connectivity index (χ3n) is 7.65. The third-order valence-corrected chi connectivity index (χ3v) is 7.65. The summed E-state index contributed by atoms with van der Waals surface area (Å²) >= 11 is 0. The highest BCUT2D eigenvalue weighted by molar-refractivity contribution is 5.27. The van der Waals surface area contributed by atoms with Gasteiger partial charge in [-0.3, -0.25) is 0 Å². The van der Waals surface area contributed by atoms with Gasteiger partial charge in [-0.1, -0.05) is 20.8 Å². The van der Waals surface area contributed by atoms with Gasteiger partial charge in [-0.25, -0.2) is 0 Å². The van der Waals surface area contributed by atoms with Crippen molar-refractivity contribution in [2.45, 2.75) is 83.8 Å². The second-order valence-electron chi connectivity index (χ2n) is 8.94.